The van der Waals surface area contributed by atoms with Crippen LogP contribution in [-0.4, -0.2) is 37.7 Å². The number of hydrogen-bond acceptors (Lipinski definition) is 8. The third kappa shape index (κ3) is 6.23. The summed E-state index contributed by atoms with van der Waals surface area (Å²) in [4.78, 5) is 37.9. The molecule has 0 saturated carbocycles. The number of thiophene rings is 1. The minimum atomic E-state index is -0.603. The molecule has 1 aromatic heterocycles. The Morgan fingerprint density at radius 2 is 1.79 bits per heavy atom. The van der Waals surface area contributed by atoms with Crippen LogP contribution < -0.4 is 10.1 Å². The van der Waals surface area contributed by atoms with Crippen molar-refractivity contribution in [3.63, 3.8) is 0 Å². The highest BCUT2D eigenvalue weighted by Gasteiger charge is 2.27. The number of ether oxygens (including phenoxy) is 3. The second kappa shape index (κ2) is 12.0. The normalized spacial score (nSPS) is 12.8. The Balaban J connectivity index is 1.75. The fourth-order valence-electron chi connectivity index (χ4n) is 3.56. The molecule has 0 radical (unpaired) electrons. The number of esters is 2. The van der Waals surface area contributed by atoms with Crippen LogP contribution in [0.5, 0.6) is 5.75 Å². The number of nitrogens with zero attached hydrogens (tertiary/aromatic N) is 1. The van der Waals surface area contributed by atoms with Crippen LogP contribution in [0.3, 0.4) is 0 Å². The van der Waals surface area contributed by atoms with Crippen LogP contribution in [0.15, 0.2) is 29.8 Å². The maximum Gasteiger partial charge on any atom is 0.344 e. The number of anilines is 1. The van der Waals surface area contributed by atoms with Crippen molar-refractivity contribution in [1.82, 2.24) is 0 Å². The van der Waals surface area contributed by atoms with E-state index in [9.17, 15) is 19.6 Å². The molecule has 3 rings (SSSR count). The van der Waals surface area contributed by atoms with Crippen molar-refractivity contribution >= 4 is 40.3 Å². The fourth-order valence-corrected chi connectivity index (χ4v) is 4.84. The predicted octanol–water partition coefficient (Wildman–Crippen LogP) is 4.29. The van der Waals surface area contributed by atoms with E-state index in [1.807, 2.05) is 6.07 Å². The number of carbonyl (C=O) groups is 3. The molecule has 1 N–H and O–H groups in total. The second-order valence-electron chi connectivity index (χ2n) is 7.42. The molecule has 0 fully saturated rings. The van der Waals surface area contributed by atoms with E-state index in [0.717, 1.165) is 36.1 Å². The topological polar surface area (TPSA) is 115 Å². The summed E-state index contributed by atoms with van der Waals surface area (Å²) >= 11 is 1.37. The molecule has 0 spiro atoms. The molecule has 0 saturated heterocycles. The highest BCUT2D eigenvalue weighted by molar-refractivity contribution is 7.17. The van der Waals surface area contributed by atoms with Gasteiger partial charge < -0.3 is 19.5 Å². The third-order valence-electron chi connectivity index (χ3n) is 5.10. The van der Waals surface area contributed by atoms with Crippen molar-refractivity contribution < 1.29 is 28.6 Å². The van der Waals surface area contributed by atoms with Gasteiger partial charge in [-0.25, -0.2) is 9.59 Å². The molecule has 9 heteroatoms. The molecular formula is C25H26N2O6S. The first-order valence-corrected chi connectivity index (χ1v) is 11.9. The standard InChI is InChI=1S/C25H26N2O6S/c1-3-31-21(28)15-33-18-11-9-16(10-12-18)13-17(14-26)23(29)27-24-22(25(30)32-4-2)19-7-5-6-8-20(19)34-24/h9-13H,3-8,15H2,1-2H3,(H,27,29)/b17-13+. The van der Waals surface area contributed by atoms with Crippen LogP contribution in [0.25, 0.3) is 6.08 Å². The largest absolute Gasteiger partial charge is 0.482 e. The van der Waals surface area contributed by atoms with E-state index < -0.39 is 17.8 Å². The van der Waals surface area contributed by atoms with Crippen molar-refractivity contribution in [2.45, 2.75) is 39.5 Å². The SMILES string of the molecule is CCOC(=O)COc1ccc(/C=C(\C#N)C(=O)Nc2sc3c(c2C(=O)OCC)CCCC3)cc1. The average Bonchev–Trinajstić information content (AvgIpc) is 3.20. The number of aryl methyl sites for hydroxylation is 1. The summed E-state index contributed by atoms with van der Waals surface area (Å²) < 4.78 is 15.4. The van der Waals surface area contributed by atoms with Gasteiger partial charge in [-0.15, -0.1) is 11.3 Å². The van der Waals surface area contributed by atoms with Gasteiger partial charge in [0.1, 0.15) is 22.4 Å². The lowest BCUT2D eigenvalue weighted by Gasteiger charge is -2.12. The maximum atomic E-state index is 12.9. The minimum Gasteiger partial charge on any atom is -0.482 e. The van der Waals surface area contributed by atoms with Gasteiger partial charge >= 0.3 is 11.9 Å². The zero-order valence-electron chi connectivity index (χ0n) is 19.1. The van der Waals surface area contributed by atoms with Crippen LogP contribution in [0, 0.1) is 11.3 Å². The van der Waals surface area contributed by atoms with Crippen LogP contribution >= 0.6 is 11.3 Å². The Bertz CT molecular complexity index is 1130. The Morgan fingerprint density at radius 1 is 1.09 bits per heavy atom. The molecule has 1 aromatic carbocycles. The van der Waals surface area contributed by atoms with Gasteiger partial charge in [-0.05, 0) is 68.9 Å². The van der Waals surface area contributed by atoms with Crippen molar-refractivity contribution in [2.75, 3.05) is 25.1 Å². The van der Waals surface area contributed by atoms with Crippen molar-refractivity contribution in [2.24, 2.45) is 0 Å². The van der Waals surface area contributed by atoms with Crippen molar-refractivity contribution in [3.8, 4) is 11.8 Å². The number of amides is 1. The number of fused-ring (bicyclic) bond motifs is 1. The number of nitrogens with one attached hydrogen (secondary N) is 1. The summed E-state index contributed by atoms with van der Waals surface area (Å²) in [5.41, 5.74) is 1.83. The molecule has 0 unspecified atom stereocenters. The first-order valence-electron chi connectivity index (χ1n) is 11.1. The first-order chi connectivity index (χ1) is 16.5. The molecule has 178 valence electrons. The van der Waals surface area contributed by atoms with Gasteiger partial charge in [0.05, 0.1) is 18.8 Å². The molecule has 1 heterocycles. The summed E-state index contributed by atoms with van der Waals surface area (Å²) in [6, 6.07) is 8.51. The Hall–Kier alpha value is -3.64. The van der Waals surface area contributed by atoms with Gasteiger partial charge in [0.15, 0.2) is 6.61 Å². The number of carbonyl (C=O) groups excluding carboxylic acids is 3. The lowest BCUT2D eigenvalue weighted by molar-refractivity contribution is -0.145. The summed E-state index contributed by atoms with van der Waals surface area (Å²) in [7, 11) is 0. The lowest BCUT2D eigenvalue weighted by Crippen LogP contribution is -2.16. The number of benzene rings is 1. The van der Waals surface area contributed by atoms with E-state index in [-0.39, 0.29) is 25.4 Å². The average molecular weight is 483 g/mol. The van der Waals surface area contributed by atoms with E-state index >= 15 is 0 Å². The molecule has 1 aliphatic carbocycles. The summed E-state index contributed by atoms with van der Waals surface area (Å²) in [6.45, 7) is 3.76. The Morgan fingerprint density at radius 3 is 2.47 bits per heavy atom. The molecular weight excluding hydrogens is 456 g/mol. The number of nitriles is 1. The van der Waals surface area contributed by atoms with Gasteiger partial charge in [0.25, 0.3) is 5.91 Å². The molecule has 0 atom stereocenters. The lowest BCUT2D eigenvalue weighted by atomic mass is 9.95. The first kappa shape index (κ1) is 25.0. The molecule has 0 aliphatic heterocycles. The monoisotopic (exact) mass is 482 g/mol. The zero-order chi connectivity index (χ0) is 24.5. The Kier molecular flexibility index (Phi) is 8.82. The van der Waals surface area contributed by atoms with Crippen molar-refractivity contribution in [1.29, 1.82) is 5.26 Å². The molecule has 1 aliphatic rings. The van der Waals surface area contributed by atoms with Gasteiger partial charge in [0.2, 0.25) is 0 Å². The van der Waals surface area contributed by atoms with Crippen LogP contribution in [-0.2, 0) is 31.9 Å². The third-order valence-corrected chi connectivity index (χ3v) is 6.30. The van der Waals surface area contributed by atoms with E-state index in [2.05, 4.69) is 5.32 Å². The van der Waals surface area contributed by atoms with E-state index in [0.29, 0.717) is 21.9 Å². The Labute approximate surface area is 202 Å². The van der Waals surface area contributed by atoms with Gasteiger partial charge in [-0.3, -0.25) is 4.79 Å². The van der Waals surface area contributed by atoms with Crippen molar-refractivity contribution in [3.05, 3.63) is 51.4 Å². The summed E-state index contributed by atoms with van der Waals surface area (Å²) in [5.74, 6) is -1.07. The van der Waals surface area contributed by atoms with E-state index in [4.69, 9.17) is 14.2 Å². The van der Waals surface area contributed by atoms with Crippen LogP contribution in [0.4, 0.5) is 5.00 Å². The predicted molar refractivity (Wildman–Crippen MR) is 128 cm³/mol. The smallest absolute Gasteiger partial charge is 0.344 e. The van der Waals surface area contributed by atoms with Crippen LogP contribution in [0.2, 0.25) is 0 Å². The maximum absolute atomic E-state index is 12.9. The molecule has 0 bridgehead atoms. The van der Waals surface area contributed by atoms with E-state index in [1.165, 1.54) is 17.4 Å². The number of rotatable bonds is 9. The quantitative estimate of drug-likeness (QED) is 0.322. The zero-order valence-corrected chi connectivity index (χ0v) is 20.0. The van der Waals surface area contributed by atoms with Gasteiger partial charge in [0, 0.05) is 4.88 Å². The molecule has 8 nitrogen and oxygen atoms in total. The fraction of sp³-hybridized carbons (Fsp3) is 0.360. The van der Waals surface area contributed by atoms with E-state index in [1.54, 1.807) is 38.1 Å². The van der Waals surface area contributed by atoms with Crippen LogP contribution in [0.1, 0.15) is 53.1 Å². The molecule has 34 heavy (non-hydrogen) atoms. The highest BCUT2D eigenvalue weighted by atomic mass is 32.1. The molecule has 1 amide bonds. The molecule has 2 aromatic rings. The minimum absolute atomic E-state index is 0.110. The second-order valence-corrected chi connectivity index (χ2v) is 8.53. The summed E-state index contributed by atoms with van der Waals surface area (Å²) in [6.07, 6.45) is 5.08. The van der Waals surface area contributed by atoms with Gasteiger partial charge in [-0.1, -0.05) is 12.1 Å². The highest BCUT2D eigenvalue weighted by Crippen LogP contribution is 2.38. The number of hydrogen-bond donors (Lipinski definition) is 1. The van der Waals surface area contributed by atoms with Gasteiger partial charge in [-0.2, -0.15) is 5.26 Å². The summed E-state index contributed by atoms with van der Waals surface area (Å²) in [5, 5.41) is 12.7.